The van der Waals surface area contributed by atoms with Gasteiger partial charge in [-0.15, -0.1) is 0 Å². The molecular formula is C21H28N2O5S. The van der Waals surface area contributed by atoms with E-state index < -0.39 is 22.0 Å². The quantitative estimate of drug-likeness (QED) is 0.669. The number of nitrogens with zero attached hydrogens (tertiary/aromatic N) is 1. The zero-order valence-corrected chi connectivity index (χ0v) is 18.2. The van der Waals surface area contributed by atoms with Gasteiger partial charge in [0.15, 0.2) is 0 Å². The molecular weight excluding hydrogens is 392 g/mol. The molecule has 0 saturated carbocycles. The molecule has 0 bridgehead atoms. The molecule has 1 N–H and O–H groups in total. The van der Waals surface area contributed by atoms with Crippen molar-refractivity contribution in [3.05, 3.63) is 48.5 Å². The van der Waals surface area contributed by atoms with E-state index in [9.17, 15) is 13.2 Å². The molecule has 0 spiro atoms. The van der Waals surface area contributed by atoms with Gasteiger partial charge in [0.05, 0.1) is 25.2 Å². The number of benzene rings is 2. The second-order valence-corrected chi connectivity index (χ2v) is 8.72. The maximum absolute atomic E-state index is 13.0. The number of amides is 1. The zero-order chi connectivity index (χ0) is 21.6. The number of carbonyl (C=O) groups is 1. The number of rotatable bonds is 9. The Morgan fingerprint density at radius 2 is 1.76 bits per heavy atom. The fraction of sp³-hybridized carbons (Fsp3) is 0.381. The zero-order valence-electron chi connectivity index (χ0n) is 17.4. The first-order valence-corrected chi connectivity index (χ1v) is 11.2. The molecule has 29 heavy (non-hydrogen) atoms. The van der Waals surface area contributed by atoms with Gasteiger partial charge in [0.2, 0.25) is 15.9 Å². The maximum Gasteiger partial charge on any atom is 0.248 e. The summed E-state index contributed by atoms with van der Waals surface area (Å²) in [6.07, 6.45) is 1.39. The molecule has 0 unspecified atom stereocenters. The standard InChI is InChI=1S/C21H28N2O5S/c1-6-20(21(24)22-16-8-7-9-19(14-16)28-15(2)3)23(29(5,25)26)17-10-12-18(27-4)13-11-17/h7-15,20H,6H2,1-5H3,(H,22,24)/t20-/m0/s1. The number of nitrogens with one attached hydrogen (secondary N) is 1. The Balaban J connectivity index is 2.31. The van der Waals surface area contributed by atoms with E-state index in [0.717, 1.165) is 10.6 Å². The number of ether oxygens (including phenoxy) is 2. The lowest BCUT2D eigenvalue weighted by molar-refractivity contribution is -0.117. The highest BCUT2D eigenvalue weighted by molar-refractivity contribution is 7.92. The SMILES string of the molecule is CC[C@@H](C(=O)Nc1cccc(OC(C)C)c1)N(c1ccc(OC)cc1)S(C)(=O)=O. The summed E-state index contributed by atoms with van der Waals surface area (Å²) in [4.78, 5) is 13.0. The van der Waals surface area contributed by atoms with Gasteiger partial charge in [-0.1, -0.05) is 13.0 Å². The summed E-state index contributed by atoms with van der Waals surface area (Å²) in [7, 11) is -2.17. The molecule has 2 aromatic rings. The van der Waals surface area contributed by atoms with E-state index in [4.69, 9.17) is 9.47 Å². The Kier molecular flexibility index (Phi) is 7.50. The van der Waals surface area contributed by atoms with Crippen LogP contribution in [0.2, 0.25) is 0 Å². The van der Waals surface area contributed by atoms with Crippen LogP contribution in [0.1, 0.15) is 27.2 Å². The number of hydrogen-bond acceptors (Lipinski definition) is 5. The molecule has 2 rings (SSSR count). The molecule has 0 saturated heterocycles. The molecule has 0 aliphatic carbocycles. The average molecular weight is 421 g/mol. The lowest BCUT2D eigenvalue weighted by Gasteiger charge is -2.30. The van der Waals surface area contributed by atoms with Crippen molar-refractivity contribution in [3.63, 3.8) is 0 Å². The molecule has 0 aliphatic rings. The molecule has 1 atom stereocenters. The summed E-state index contributed by atoms with van der Waals surface area (Å²) in [6, 6.07) is 12.7. The predicted molar refractivity (Wildman–Crippen MR) is 115 cm³/mol. The monoisotopic (exact) mass is 420 g/mol. The molecule has 0 aromatic heterocycles. The maximum atomic E-state index is 13.0. The Hall–Kier alpha value is -2.74. The topological polar surface area (TPSA) is 84.9 Å². The average Bonchev–Trinajstić information content (AvgIpc) is 2.64. The van der Waals surface area contributed by atoms with Gasteiger partial charge < -0.3 is 14.8 Å². The lowest BCUT2D eigenvalue weighted by Crippen LogP contribution is -2.47. The van der Waals surface area contributed by atoms with Crippen LogP contribution in [0, 0.1) is 0 Å². The molecule has 0 fully saturated rings. The number of methoxy groups -OCH3 is 1. The summed E-state index contributed by atoms with van der Waals surface area (Å²) < 4.78 is 36.9. The van der Waals surface area contributed by atoms with E-state index in [-0.39, 0.29) is 6.10 Å². The minimum atomic E-state index is -3.70. The summed E-state index contributed by atoms with van der Waals surface area (Å²) in [6.45, 7) is 5.60. The third-order valence-electron chi connectivity index (χ3n) is 4.13. The van der Waals surface area contributed by atoms with Crippen molar-refractivity contribution >= 4 is 27.3 Å². The van der Waals surface area contributed by atoms with Crippen LogP contribution in [0.15, 0.2) is 48.5 Å². The third kappa shape index (κ3) is 6.12. The first kappa shape index (κ1) is 22.5. The number of sulfonamides is 1. The molecule has 2 aromatic carbocycles. The highest BCUT2D eigenvalue weighted by Gasteiger charge is 2.31. The van der Waals surface area contributed by atoms with Crippen molar-refractivity contribution < 1.29 is 22.7 Å². The van der Waals surface area contributed by atoms with Crippen LogP contribution in [-0.4, -0.2) is 39.8 Å². The van der Waals surface area contributed by atoms with Crippen molar-refractivity contribution in [2.75, 3.05) is 23.0 Å². The number of carbonyl (C=O) groups excluding carboxylic acids is 1. The smallest absolute Gasteiger partial charge is 0.248 e. The van der Waals surface area contributed by atoms with Gasteiger partial charge in [-0.05, 0) is 56.7 Å². The van der Waals surface area contributed by atoms with Crippen LogP contribution in [0.4, 0.5) is 11.4 Å². The van der Waals surface area contributed by atoms with E-state index in [2.05, 4.69) is 5.32 Å². The first-order chi connectivity index (χ1) is 13.7. The highest BCUT2D eigenvalue weighted by atomic mass is 32.2. The Labute approximate surface area is 172 Å². The van der Waals surface area contributed by atoms with E-state index in [1.165, 1.54) is 7.11 Å². The summed E-state index contributed by atoms with van der Waals surface area (Å²) in [5.74, 6) is 0.804. The summed E-state index contributed by atoms with van der Waals surface area (Å²) in [5, 5.41) is 2.80. The van der Waals surface area contributed by atoms with Crippen molar-refractivity contribution in [2.45, 2.75) is 39.3 Å². The van der Waals surface area contributed by atoms with Gasteiger partial charge in [-0.25, -0.2) is 8.42 Å². The van der Waals surface area contributed by atoms with Gasteiger partial charge >= 0.3 is 0 Å². The van der Waals surface area contributed by atoms with E-state index >= 15 is 0 Å². The van der Waals surface area contributed by atoms with Crippen molar-refractivity contribution in [2.24, 2.45) is 0 Å². The fourth-order valence-corrected chi connectivity index (χ4v) is 4.15. The molecule has 0 radical (unpaired) electrons. The van der Waals surface area contributed by atoms with Gasteiger partial charge in [0.1, 0.15) is 17.5 Å². The van der Waals surface area contributed by atoms with Crippen LogP contribution in [0.5, 0.6) is 11.5 Å². The van der Waals surface area contributed by atoms with E-state index in [1.54, 1.807) is 55.5 Å². The summed E-state index contributed by atoms with van der Waals surface area (Å²) in [5.41, 5.74) is 0.932. The number of anilines is 2. The van der Waals surface area contributed by atoms with Gasteiger partial charge in [0, 0.05) is 11.8 Å². The Bertz CT molecular complexity index is 926. The molecule has 1 amide bonds. The fourth-order valence-electron chi connectivity index (χ4n) is 2.93. The highest BCUT2D eigenvalue weighted by Crippen LogP contribution is 2.26. The normalized spacial score (nSPS) is 12.3. The number of hydrogen-bond donors (Lipinski definition) is 1. The van der Waals surface area contributed by atoms with E-state index in [0.29, 0.717) is 29.3 Å². The summed E-state index contributed by atoms with van der Waals surface area (Å²) >= 11 is 0. The van der Waals surface area contributed by atoms with Crippen LogP contribution in [0.25, 0.3) is 0 Å². The van der Waals surface area contributed by atoms with Crippen LogP contribution >= 0.6 is 0 Å². The Morgan fingerprint density at radius 3 is 2.28 bits per heavy atom. The molecule has 8 heteroatoms. The predicted octanol–water partition coefficient (Wildman–Crippen LogP) is 3.67. The van der Waals surface area contributed by atoms with Gasteiger partial charge in [-0.2, -0.15) is 0 Å². The Morgan fingerprint density at radius 1 is 1.10 bits per heavy atom. The molecule has 158 valence electrons. The van der Waals surface area contributed by atoms with E-state index in [1.807, 2.05) is 13.8 Å². The largest absolute Gasteiger partial charge is 0.497 e. The van der Waals surface area contributed by atoms with Gasteiger partial charge in [0.25, 0.3) is 0 Å². The molecule has 0 aliphatic heterocycles. The van der Waals surface area contributed by atoms with Crippen molar-refractivity contribution in [3.8, 4) is 11.5 Å². The molecule has 7 nitrogen and oxygen atoms in total. The third-order valence-corrected chi connectivity index (χ3v) is 5.31. The van der Waals surface area contributed by atoms with Crippen molar-refractivity contribution in [1.82, 2.24) is 0 Å². The second-order valence-electron chi connectivity index (χ2n) is 6.86. The minimum absolute atomic E-state index is 0.000129. The van der Waals surface area contributed by atoms with Crippen LogP contribution in [-0.2, 0) is 14.8 Å². The van der Waals surface area contributed by atoms with Crippen LogP contribution in [0.3, 0.4) is 0 Å². The first-order valence-electron chi connectivity index (χ1n) is 9.36. The lowest BCUT2D eigenvalue weighted by atomic mass is 10.1. The van der Waals surface area contributed by atoms with Gasteiger partial charge in [-0.3, -0.25) is 9.10 Å². The second kappa shape index (κ2) is 9.65. The molecule has 0 heterocycles. The van der Waals surface area contributed by atoms with Crippen molar-refractivity contribution in [1.29, 1.82) is 0 Å². The van der Waals surface area contributed by atoms with Crippen LogP contribution < -0.4 is 19.1 Å². The minimum Gasteiger partial charge on any atom is -0.497 e.